The number of ether oxygens (including phenoxy) is 6. The lowest BCUT2D eigenvalue weighted by molar-refractivity contribution is -0.379. The molecule has 12 N–H and O–H groups in total. The monoisotopic (exact) mass is 1050 g/mol. The molecule has 0 aromatic rings. The lowest BCUT2D eigenvalue weighted by Crippen LogP contribution is -2.66. The van der Waals surface area contributed by atoms with Gasteiger partial charge in [-0.05, 0) is 19.3 Å². The number of amides is 1. The molecule has 0 spiro atoms. The van der Waals surface area contributed by atoms with Crippen molar-refractivity contribution < 1.29 is 89.4 Å². The average Bonchev–Trinajstić information content (AvgIpc) is 3.39. The maximum absolute atomic E-state index is 13.2. The Bertz CT molecular complexity index is 1400. The van der Waals surface area contributed by atoms with Gasteiger partial charge in [-0.1, -0.05) is 180 Å². The van der Waals surface area contributed by atoms with Crippen molar-refractivity contribution in [1.29, 1.82) is 0 Å². The minimum absolute atomic E-state index is 0.248. The van der Waals surface area contributed by atoms with E-state index in [-0.39, 0.29) is 18.9 Å². The number of aliphatic hydroxyl groups is 11. The predicted molar refractivity (Wildman–Crippen MR) is 273 cm³/mol. The molecule has 17 unspecified atom stereocenters. The summed E-state index contributed by atoms with van der Waals surface area (Å²) in [5, 5.41) is 120. The standard InChI is InChI=1S/C54H101NO18/c1-3-5-7-9-11-13-15-17-18-19-20-21-23-25-27-29-31-38(59)37(55-42(60)32-30-28-26-24-22-16-14-12-10-8-6-4-2)36-68-52-48(66)45(63)50(40(34-57)70-52)73-54-49(67)46(64)51(41(35-58)71-54)72-53-47(65)44(62)43(61)39(33-56)69-53/h29,31,37-41,43-54,56-59,61-67H,3-28,30,32-36H2,1-2H3,(H,55,60)/b31-29+. The van der Waals surface area contributed by atoms with Crippen LogP contribution in [-0.2, 0) is 33.2 Å². The molecule has 0 aromatic heterocycles. The third kappa shape index (κ3) is 24.0. The lowest BCUT2D eigenvalue weighted by atomic mass is 9.96. The highest BCUT2D eigenvalue weighted by molar-refractivity contribution is 5.76. The minimum atomic E-state index is -1.97. The second-order valence-electron chi connectivity index (χ2n) is 20.8. The van der Waals surface area contributed by atoms with Crippen LogP contribution < -0.4 is 5.32 Å². The van der Waals surface area contributed by atoms with Crippen molar-refractivity contribution in [2.45, 2.75) is 298 Å². The van der Waals surface area contributed by atoms with Crippen LogP contribution in [0.2, 0.25) is 0 Å². The van der Waals surface area contributed by atoms with E-state index in [1.807, 2.05) is 6.08 Å². The Morgan fingerprint density at radius 1 is 0.479 bits per heavy atom. The summed E-state index contributed by atoms with van der Waals surface area (Å²) in [5.74, 6) is -0.276. The fourth-order valence-electron chi connectivity index (χ4n) is 9.84. The molecule has 3 aliphatic heterocycles. The predicted octanol–water partition coefficient (Wildman–Crippen LogP) is 3.82. The average molecular weight is 1050 g/mol. The first-order chi connectivity index (χ1) is 35.3. The van der Waals surface area contributed by atoms with Crippen LogP contribution in [0.4, 0.5) is 0 Å². The molecule has 19 nitrogen and oxygen atoms in total. The molecule has 1 amide bonds. The smallest absolute Gasteiger partial charge is 0.220 e. The molecule has 0 bridgehead atoms. The van der Waals surface area contributed by atoms with Crippen molar-refractivity contribution >= 4 is 5.91 Å². The summed E-state index contributed by atoms with van der Waals surface area (Å²) in [7, 11) is 0. The molecular formula is C54H101NO18. The van der Waals surface area contributed by atoms with Crippen molar-refractivity contribution in [2.24, 2.45) is 0 Å². The number of carbonyl (C=O) groups is 1. The van der Waals surface area contributed by atoms with Crippen molar-refractivity contribution in [3.05, 3.63) is 12.2 Å². The second kappa shape index (κ2) is 39.0. The molecule has 430 valence electrons. The molecule has 3 saturated heterocycles. The fourth-order valence-corrected chi connectivity index (χ4v) is 9.84. The van der Waals surface area contributed by atoms with E-state index in [1.54, 1.807) is 6.08 Å². The Kier molecular flexibility index (Phi) is 35.1. The third-order valence-corrected chi connectivity index (χ3v) is 14.6. The number of unbranched alkanes of at least 4 members (excludes halogenated alkanes) is 25. The number of allylic oxidation sites excluding steroid dienone is 1. The van der Waals surface area contributed by atoms with Crippen LogP contribution in [0.1, 0.15) is 194 Å². The molecule has 3 rings (SSSR count). The second-order valence-corrected chi connectivity index (χ2v) is 20.8. The Balaban J connectivity index is 1.53. The van der Waals surface area contributed by atoms with E-state index in [0.717, 1.165) is 44.9 Å². The summed E-state index contributed by atoms with van der Waals surface area (Å²) >= 11 is 0. The highest BCUT2D eigenvalue weighted by Gasteiger charge is 2.53. The van der Waals surface area contributed by atoms with Gasteiger partial charge in [0.15, 0.2) is 18.9 Å². The zero-order valence-corrected chi connectivity index (χ0v) is 44.4. The first kappa shape index (κ1) is 65.8. The van der Waals surface area contributed by atoms with Gasteiger partial charge in [0.25, 0.3) is 0 Å². The zero-order chi connectivity index (χ0) is 53.4. The van der Waals surface area contributed by atoms with Crippen LogP contribution >= 0.6 is 0 Å². The quantitative estimate of drug-likeness (QED) is 0.0306. The van der Waals surface area contributed by atoms with Crippen molar-refractivity contribution in [2.75, 3.05) is 26.4 Å². The van der Waals surface area contributed by atoms with E-state index in [2.05, 4.69) is 19.2 Å². The van der Waals surface area contributed by atoms with E-state index in [1.165, 1.54) is 122 Å². The van der Waals surface area contributed by atoms with Gasteiger partial charge in [-0.2, -0.15) is 0 Å². The topological polar surface area (TPSA) is 307 Å². The van der Waals surface area contributed by atoms with Crippen LogP contribution in [0.5, 0.6) is 0 Å². The first-order valence-electron chi connectivity index (χ1n) is 28.4. The molecule has 0 aliphatic carbocycles. The highest BCUT2D eigenvalue weighted by atomic mass is 16.8. The highest BCUT2D eigenvalue weighted by Crippen LogP contribution is 2.33. The summed E-state index contributed by atoms with van der Waals surface area (Å²) in [6, 6.07) is -0.965. The third-order valence-electron chi connectivity index (χ3n) is 14.6. The van der Waals surface area contributed by atoms with Crippen molar-refractivity contribution in [1.82, 2.24) is 5.32 Å². The van der Waals surface area contributed by atoms with Crippen molar-refractivity contribution in [3.63, 3.8) is 0 Å². The van der Waals surface area contributed by atoms with Crippen LogP contribution in [0.15, 0.2) is 12.2 Å². The molecule has 19 heteroatoms. The molecule has 17 atom stereocenters. The normalized spacial score (nSPS) is 31.8. The van der Waals surface area contributed by atoms with Crippen LogP contribution in [0, 0.1) is 0 Å². The number of nitrogens with one attached hydrogen (secondary N) is 1. The van der Waals surface area contributed by atoms with E-state index in [9.17, 15) is 61.0 Å². The lowest BCUT2D eigenvalue weighted by Gasteiger charge is -2.48. The summed E-state index contributed by atoms with van der Waals surface area (Å²) in [6.45, 7) is 1.71. The number of rotatable bonds is 41. The number of aliphatic hydroxyl groups excluding tert-OH is 11. The molecule has 0 aromatic carbocycles. The SMILES string of the molecule is CCCCCCCCCCCCCCCC/C=C/C(O)C(COC1OC(CO)C(OC2OC(CO)C(OC3OC(CO)C(O)C(O)C3O)C(O)C2O)C(O)C1O)NC(=O)CCCCCCCCCCCCCC. The van der Waals surface area contributed by atoms with Gasteiger partial charge in [0.1, 0.15) is 73.2 Å². The largest absolute Gasteiger partial charge is 0.394 e. The van der Waals surface area contributed by atoms with Crippen LogP contribution in [-0.4, -0.2) is 193 Å². The summed E-state index contributed by atoms with van der Waals surface area (Å²) in [6.07, 6.45) is 9.13. The van der Waals surface area contributed by atoms with Gasteiger partial charge in [0.2, 0.25) is 5.91 Å². The van der Waals surface area contributed by atoms with Gasteiger partial charge in [-0.15, -0.1) is 0 Å². The summed E-state index contributed by atoms with van der Waals surface area (Å²) in [4.78, 5) is 13.2. The molecule has 3 aliphatic rings. The van der Waals surface area contributed by atoms with E-state index in [0.29, 0.717) is 6.42 Å². The van der Waals surface area contributed by atoms with Gasteiger partial charge >= 0.3 is 0 Å². The zero-order valence-electron chi connectivity index (χ0n) is 44.4. The number of hydrogen-bond acceptors (Lipinski definition) is 18. The van der Waals surface area contributed by atoms with E-state index >= 15 is 0 Å². The first-order valence-corrected chi connectivity index (χ1v) is 28.4. The van der Waals surface area contributed by atoms with Crippen LogP contribution in [0.25, 0.3) is 0 Å². The van der Waals surface area contributed by atoms with Gasteiger partial charge in [0, 0.05) is 6.42 Å². The molecular weight excluding hydrogens is 951 g/mol. The van der Waals surface area contributed by atoms with Gasteiger partial charge in [-0.25, -0.2) is 0 Å². The molecule has 3 fully saturated rings. The van der Waals surface area contributed by atoms with Gasteiger partial charge in [-0.3, -0.25) is 4.79 Å². The van der Waals surface area contributed by atoms with Crippen molar-refractivity contribution in [3.8, 4) is 0 Å². The number of carbonyl (C=O) groups excluding carboxylic acids is 1. The van der Waals surface area contributed by atoms with Gasteiger partial charge < -0.3 is 89.9 Å². The summed E-state index contributed by atoms with van der Waals surface area (Å²) < 4.78 is 34.2. The Hall–Kier alpha value is -1.47. The van der Waals surface area contributed by atoms with E-state index < -0.39 is 124 Å². The maximum atomic E-state index is 13.2. The molecule has 0 saturated carbocycles. The summed E-state index contributed by atoms with van der Waals surface area (Å²) in [5.41, 5.74) is 0. The Labute approximate surface area is 436 Å². The minimum Gasteiger partial charge on any atom is -0.394 e. The molecule has 0 radical (unpaired) electrons. The Morgan fingerprint density at radius 3 is 1.29 bits per heavy atom. The van der Waals surface area contributed by atoms with E-state index in [4.69, 9.17) is 28.4 Å². The van der Waals surface area contributed by atoms with Crippen LogP contribution in [0.3, 0.4) is 0 Å². The number of hydrogen-bond donors (Lipinski definition) is 12. The fraction of sp³-hybridized carbons (Fsp3) is 0.944. The maximum Gasteiger partial charge on any atom is 0.220 e. The Morgan fingerprint density at radius 2 is 0.849 bits per heavy atom. The van der Waals surface area contributed by atoms with Gasteiger partial charge in [0.05, 0.1) is 38.6 Å². The molecule has 73 heavy (non-hydrogen) atoms. The molecule has 3 heterocycles.